The van der Waals surface area contributed by atoms with Gasteiger partial charge in [0.2, 0.25) is 0 Å². The summed E-state index contributed by atoms with van der Waals surface area (Å²) < 4.78 is 5.27. The van der Waals surface area contributed by atoms with Gasteiger partial charge in [-0.15, -0.1) is 0 Å². The van der Waals surface area contributed by atoms with Gasteiger partial charge < -0.3 is 4.74 Å². The Morgan fingerprint density at radius 2 is 1.77 bits per heavy atom. The molecular weight excluding hydrogens is 162 g/mol. The van der Waals surface area contributed by atoms with Crippen molar-refractivity contribution in [3.05, 3.63) is 0 Å². The highest BCUT2D eigenvalue weighted by Crippen LogP contribution is 2.42. The number of hydrogen-bond acceptors (Lipinski definition) is 2. The van der Waals surface area contributed by atoms with Crippen molar-refractivity contribution in [2.45, 2.75) is 33.2 Å². The first-order valence-corrected chi connectivity index (χ1v) is 5.29. The summed E-state index contributed by atoms with van der Waals surface area (Å²) in [7, 11) is 0. The fourth-order valence-electron chi connectivity index (χ4n) is 2.11. The van der Waals surface area contributed by atoms with Crippen LogP contribution in [0.25, 0.3) is 0 Å². The quantitative estimate of drug-likeness (QED) is 0.646. The molecule has 2 heteroatoms. The Balaban J connectivity index is 1.91. The van der Waals surface area contributed by atoms with Gasteiger partial charge in [0.25, 0.3) is 0 Å². The van der Waals surface area contributed by atoms with Crippen LogP contribution in [0.5, 0.6) is 0 Å². The molecule has 2 nitrogen and oxygen atoms in total. The molecule has 0 aliphatic carbocycles. The Morgan fingerprint density at radius 3 is 2.08 bits per heavy atom. The van der Waals surface area contributed by atoms with Crippen LogP contribution >= 0.6 is 0 Å². The Bertz CT molecular complexity index is 198. The Morgan fingerprint density at radius 1 is 1.23 bits per heavy atom. The van der Waals surface area contributed by atoms with Crippen LogP contribution in [0.1, 0.15) is 27.7 Å². The topological polar surface area (TPSA) is 12.5 Å². The second kappa shape index (κ2) is 2.71. The van der Waals surface area contributed by atoms with Gasteiger partial charge in [0, 0.05) is 24.0 Å². The predicted octanol–water partition coefficient (Wildman–Crippen LogP) is 1.75. The van der Waals surface area contributed by atoms with Crippen LogP contribution < -0.4 is 0 Å². The van der Waals surface area contributed by atoms with E-state index >= 15 is 0 Å². The SMILES string of the molecule is CC(C)C(C)(C)N1CC2(COC2)C1. The van der Waals surface area contributed by atoms with Crippen molar-refractivity contribution < 1.29 is 4.74 Å². The maximum atomic E-state index is 5.27. The standard InChI is InChI=1S/C11H21NO/c1-9(2)10(3,4)12-5-11(6-12)7-13-8-11/h9H,5-8H2,1-4H3. The maximum absolute atomic E-state index is 5.27. The van der Waals surface area contributed by atoms with E-state index in [0.29, 0.717) is 11.0 Å². The van der Waals surface area contributed by atoms with Gasteiger partial charge in [-0.2, -0.15) is 0 Å². The molecule has 13 heavy (non-hydrogen) atoms. The van der Waals surface area contributed by atoms with E-state index < -0.39 is 0 Å². The third-order valence-electron chi connectivity index (χ3n) is 4.10. The Hall–Kier alpha value is -0.0800. The normalized spacial score (nSPS) is 27.5. The number of rotatable bonds is 2. The molecule has 2 aliphatic rings. The molecule has 76 valence electrons. The molecule has 0 N–H and O–H groups in total. The van der Waals surface area contributed by atoms with E-state index in [1.807, 2.05) is 0 Å². The number of likely N-dealkylation sites (tertiary alicyclic amines) is 1. The van der Waals surface area contributed by atoms with E-state index in [9.17, 15) is 0 Å². The highest BCUT2D eigenvalue weighted by atomic mass is 16.5. The van der Waals surface area contributed by atoms with E-state index in [2.05, 4.69) is 32.6 Å². The van der Waals surface area contributed by atoms with Crippen molar-refractivity contribution in [2.75, 3.05) is 26.3 Å². The number of hydrogen-bond donors (Lipinski definition) is 0. The molecule has 1 spiro atoms. The van der Waals surface area contributed by atoms with Gasteiger partial charge in [-0.05, 0) is 19.8 Å². The zero-order valence-corrected chi connectivity index (χ0v) is 9.26. The molecule has 2 fully saturated rings. The van der Waals surface area contributed by atoms with Crippen molar-refractivity contribution >= 4 is 0 Å². The van der Waals surface area contributed by atoms with Crippen LogP contribution in [0.3, 0.4) is 0 Å². The van der Waals surface area contributed by atoms with E-state index in [0.717, 1.165) is 19.1 Å². The third kappa shape index (κ3) is 1.31. The maximum Gasteiger partial charge on any atom is 0.0569 e. The molecule has 2 rings (SSSR count). The van der Waals surface area contributed by atoms with E-state index in [1.54, 1.807) is 0 Å². The average Bonchev–Trinajstić information content (AvgIpc) is 1.78. The lowest BCUT2D eigenvalue weighted by Crippen LogP contribution is -2.71. The summed E-state index contributed by atoms with van der Waals surface area (Å²) in [5.74, 6) is 0.728. The highest BCUT2D eigenvalue weighted by Gasteiger charge is 2.53. The summed E-state index contributed by atoms with van der Waals surface area (Å²) >= 11 is 0. The molecule has 0 radical (unpaired) electrons. The molecule has 0 aromatic rings. The lowest BCUT2D eigenvalue weighted by atomic mass is 9.73. The van der Waals surface area contributed by atoms with Crippen molar-refractivity contribution in [1.29, 1.82) is 0 Å². The van der Waals surface area contributed by atoms with Crippen LogP contribution in [-0.4, -0.2) is 36.7 Å². The van der Waals surface area contributed by atoms with Gasteiger partial charge in [-0.3, -0.25) is 4.90 Å². The molecule has 0 amide bonds. The summed E-state index contributed by atoms with van der Waals surface area (Å²) in [5.41, 5.74) is 0.924. The van der Waals surface area contributed by atoms with Crippen molar-refractivity contribution in [1.82, 2.24) is 4.90 Å². The smallest absolute Gasteiger partial charge is 0.0569 e. The van der Waals surface area contributed by atoms with E-state index in [1.165, 1.54) is 13.1 Å². The fourth-order valence-corrected chi connectivity index (χ4v) is 2.11. The van der Waals surface area contributed by atoms with Gasteiger partial charge in [-0.1, -0.05) is 13.8 Å². The second-order valence-electron chi connectivity index (χ2n) is 5.66. The summed E-state index contributed by atoms with van der Waals surface area (Å²) in [4.78, 5) is 2.60. The van der Waals surface area contributed by atoms with Crippen molar-refractivity contribution in [3.8, 4) is 0 Å². The minimum atomic E-state index is 0.362. The summed E-state index contributed by atoms with van der Waals surface area (Å²) in [6.45, 7) is 13.8. The summed E-state index contributed by atoms with van der Waals surface area (Å²) in [6.07, 6.45) is 0. The lowest BCUT2D eigenvalue weighted by molar-refractivity contribution is -0.214. The second-order valence-corrected chi connectivity index (χ2v) is 5.66. The predicted molar refractivity (Wildman–Crippen MR) is 53.7 cm³/mol. The number of ether oxygens (including phenoxy) is 1. The Kier molecular flexibility index (Phi) is 1.97. The molecule has 2 saturated heterocycles. The van der Waals surface area contributed by atoms with Crippen LogP contribution in [-0.2, 0) is 4.74 Å². The minimum absolute atomic E-state index is 0.362. The molecule has 0 aromatic carbocycles. The summed E-state index contributed by atoms with van der Waals surface area (Å²) in [5, 5.41) is 0. The first-order chi connectivity index (χ1) is 5.96. The van der Waals surface area contributed by atoms with Gasteiger partial charge in [0.05, 0.1) is 13.2 Å². The van der Waals surface area contributed by atoms with Gasteiger partial charge in [0.15, 0.2) is 0 Å². The summed E-state index contributed by atoms with van der Waals surface area (Å²) in [6, 6.07) is 0. The Labute approximate surface area is 81.3 Å². The van der Waals surface area contributed by atoms with Crippen LogP contribution in [0.2, 0.25) is 0 Å². The molecular formula is C11H21NO. The molecule has 0 saturated carbocycles. The molecule has 2 aliphatic heterocycles. The fraction of sp³-hybridized carbons (Fsp3) is 1.00. The molecule has 0 aromatic heterocycles. The van der Waals surface area contributed by atoms with Gasteiger partial charge in [-0.25, -0.2) is 0 Å². The average molecular weight is 183 g/mol. The third-order valence-corrected chi connectivity index (χ3v) is 4.10. The van der Waals surface area contributed by atoms with E-state index in [-0.39, 0.29) is 0 Å². The molecule has 2 heterocycles. The first kappa shape index (κ1) is 9.47. The highest BCUT2D eigenvalue weighted by molar-refractivity contribution is 5.04. The van der Waals surface area contributed by atoms with Crippen LogP contribution in [0.15, 0.2) is 0 Å². The minimum Gasteiger partial charge on any atom is -0.380 e. The van der Waals surface area contributed by atoms with Crippen LogP contribution in [0.4, 0.5) is 0 Å². The molecule has 0 bridgehead atoms. The largest absolute Gasteiger partial charge is 0.380 e. The molecule has 0 atom stereocenters. The monoisotopic (exact) mass is 183 g/mol. The zero-order valence-electron chi connectivity index (χ0n) is 9.26. The lowest BCUT2D eigenvalue weighted by Gasteiger charge is -2.61. The number of nitrogens with zero attached hydrogens (tertiary/aromatic N) is 1. The molecule has 0 unspecified atom stereocenters. The zero-order chi connectivity index (χ0) is 9.69. The first-order valence-electron chi connectivity index (χ1n) is 5.29. The van der Waals surface area contributed by atoms with Crippen molar-refractivity contribution in [2.24, 2.45) is 11.3 Å². The van der Waals surface area contributed by atoms with Crippen molar-refractivity contribution in [3.63, 3.8) is 0 Å². The van der Waals surface area contributed by atoms with Gasteiger partial charge >= 0.3 is 0 Å². The van der Waals surface area contributed by atoms with E-state index in [4.69, 9.17) is 4.74 Å². The van der Waals surface area contributed by atoms with Crippen LogP contribution in [0, 0.1) is 11.3 Å². The van der Waals surface area contributed by atoms with Gasteiger partial charge in [0.1, 0.15) is 0 Å².